The number of allylic oxidation sites excluding steroid dienone is 5. The average molecular weight is 480 g/mol. The smallest absolute Gasteiger partial charge is 0.399 e. The van der Waals surface area contributed by atoms with Gasteiger partial charge < -0.3 is 9.31 Å². The molecule has 0 aliphatic carbocycles. The van der Waals surface area contributed by atoms with Crippen molar-refractivity contribution >= 4 is 49.8 Å². The molecule has 0 amide bonds. The molecule has 35 heavy (non-hydrogen) atoms. The zero-order chi connectivity index (χ0) is 24.8. The Balaban J connectivity index is 1.61. The van der Waals surface area contributed by atoms with Gasteiger partial charge in [0.05, 0.1) is 27.1 Å². The summed E-state index contributed by atoms with van der Waals surface area (Å²) in [7, 11) is -0.388. The van der Waals surface area contributed by atoms with Crippen LogP contribution in [0.15, 0.2) is 79.4 Å². The van der Waals surface area contributed by atoms with Crippen LogP contribution in [0.5, 0.6) is 0 Å². The van der Waals surface area contributed by atoms with Gasteiger partial charge in [0.15, 0.2) is 5.82 Å². The predicted molar refractivity (Wildman–Crippen MR) is 149 cm³/mol. The van der Waals surface area contributed by atoms with E-state index in [-0.39, 0.29) is 18.3 Å². The normalized spacial score (nSPS) is 17.6. The number of nitrogens with zero attached hydrogens (tertiary/aromatic N) is 2. The molecule has 0 saturated carbocycles. The zero-order valence-corrected chi connectivity index (χ0v) is 21.6. The summed E-state index contributed by atoms with van der Waals surface area (Å²) in [4.78, 5) is 10.00. The maximum absolute atomic E-state index is 6.24. The fourth-order valence-electron chi connectivity index (χ4n) is 4.09. The van der Waals surface area contributed by atoms with Gasteiger partial charge >= 0.3 is 7.12 Å². The van der Waals surface area contributed by atoms with E-state index in [0.717, 1.165) is 43.7 Å². The van der Waals surface area contributed by atoms with E-state index in [0.29, 0.717) is 0 Å². The Kier molecular flexibility index (Phi) is 6.00. The Morgan fingerprint density at radius 3 is 2.31 bits per heavy atom. The topological polar surface area (TPSA) is 44.2 Å². The van der Waals surface area contributed by atoms with E-state index in [4.69, 9.17) is 19.3 Å². The van der Waals surface area contributed by atoms with Crippen molar-refractivity contribution in [2.24, 2.45) is 0 Å². The third kappa shape index (κ3) is 4.27. The van der Waals surface area contributed by atoms with Crippen molar-refractivity contribution in [2.75, 3.05) is 0 Å². The highest BCUT2D eigenvalue weighted by Crippen LogP contribution is 2.39. The minimum absolute atomic E-state index is 0.370. The molecule has 0 unspecified atom stereocenters. The monoisotopic (exact) mass is 480 g/mol. The van der Waals surface area contributed by atoms with E-state index in [2.05, 4.69) is 82.8 Å². The number of hydrogen-bond donors (Lipinski definition) is 0. The summed E-state index contributed by atoms with van der Waals surface area (Å²) in [6.07, 6.45) is 7.63. The second-order valence-corrected chi connectivity index (χ2v) is 10.9. The summed E-state index contributed by atoms with van der Waals surface area (Å²) in [6, 6.07) is 16.8. The first-order valence-electron chi connectivity index (χ1n) is 11.8. The zero-order valence-electron chi connectivity index (χ0n) is 20.8. The minimum Gasteiger partial charge on any atom is -0.399 e. The summed E-state index contributed by atoms with van der Waals surface area (Å²) >= 11 is 1.73. The van der Waals surface area contributed by atoms with Gasteiger partial charge in [0.1, 0.15) is 0 Å². The van der Waals surface area contributed by atoms with Crippen LogP contribution in [0.25, 0.3) is 37.1 Å². The average Bonchev–Trinajstić information content (AvgIpc) is 3.31. The van der Waals surface area contributed by atoms with Crippen LogP contribution >= 0.6 is 11.3 Å². The molecule has 1 fully saturated rings. The molecule has 1 aliphatic heterocycles. The van der Waals surface area contributed by atoms with Crippen molar-refractivity contribution in [3.05, 3.63) is 85.2 Å². The Labute approximate surface area is 211 Å². The van der Waals surface area contributed by atoms with E-state index in [1.54, 1.807) is 17.4 Å². The first-order valence-corrected chi connectivity index (χ1v) is 12.6. The maximum atomic E-state index is 6.24. The molecule has 2 aromatic carbocycles. The van der Waals surface area contributed by atoms with Gasteiger partial charge in [-0.25, -0.2) is 9.97 Å². The molecule has 5 rings (SSSR count). The fourth-order valence-corrected chi connectivity index (χ4v) is 5.25. The van der Waals surface area contributed by atoms with Gasteiger partial charge in [-0.1, -0.05) is 73.3 Å². The van der Waals surface area contributed by atoms with Crippen molar-refractivity contribution in [3.63, 3.8) is 0 Å². The van der Waals surface area contributed by atoms with Crippen molar-refractivity contribution in [2.45, 2.75) is 45.8 Å². The number of fused-ring (bicyclic) bond motifs is 3. The van der Waals surface area contributed by atoms with Crippen LogP contribution in [0.2, 0.25) is 0 Å². The molecular formula is C29H29BN2O2S. The molecule has 1 aliphatic rings. The van der Waals surface area contributed by atoms with Gasteiger partial charge in [-0.15, -0.1) is 11.3 Å². The Bertz CT molecular complexity index is 1470. The lowest BCUT2D eigenvalue weighted by atomic mass is 9.79. The fraction of sp³-hybridized carbons (Fsp3) is 0.241. The molecule has 0 spiro atoms. The lowest BCUT2D eigenvalue weighted by molar-refractivity contribution is 0.00578. The van der Waals surface area contributed by atoms with Gasteiger partial charge in [-0.3, -0.25) is 0 Å². The van der Waals surface area contributed by atoms with Gasteiger partial charge in [0.25, 0.3) is 0 Å². The van der Waals surface area contributed by atoms with Crippen LogP contribution < -0.4 is 5.46 Å². The number of thiophene rings is 1. The molecule has 2 aromatic heterocycles. The summed E-state index contributed by atoms with van der Waals surface area (Å²) in [5, 5.41) is 1.15. The summed E-state index contributed by atoms with van der Waals surface area (Å²) in [6.45, 7) is 14.1. The molecule has 6 heteroatoms. The van der Waals surface area contributed by atoms with E-state index in [9.17, 15) is 0 Å². The molecule has 4 nitrogen and oxygen atoms in total. The SMILES string of the molecule is C=C/C=C\C=C(/C)c1nc(-c2ccc(B3OC(C)(C)C(C)(C)O3)cc2)c2sc3ccccc3c2n1. The third-order valence-corrected chi connectivity index (χ3v) is 8.04. The first kappa shape index (κ1) is 23.7. The van der Waals surface area contributed by atoms with Crippen molar-refractivity contribution < 1.29 is 9.31 Å². The second-order valence-electron chi connectivity index (χ2n) is 9.85. The molecule has 176 valence electrons. The maximum Gasteiger partial charge on any atom is 0.494 e. The number of aromatic nitrogens is 2. The summed E-state index contributed by atoms with van der Waals surface area (Å²) in [5.41, 5.74) is 4.22. The number of rotatable bonds is 5. The third-order valence-electron chi connectivity index (χ3n) is 6.88. The molecule has 0 atom stereocenters. The van der Waals surface area contributed by atoms with Crippen molar-refractivity contribution in [3.8, 4) is 11.3 Å². The van der Waals surface area contributed by atoms with E-state index >= 15 is 0 Å². The lowest BCUT2D eigenvalue weighted by Gasteiger charge is -2.32. The van der Waals surface area contributed by atoms with Crippen LogP contribution in [-0.4, -0.2) is 28.3 Å². The number of benzene rings is 2. The van der Waals surface area contributed by atoms with Crippen molar-refractivity contribution in [1.29, 1.82) is 0 Å². The van der Waals surface area contributed by atoms with Gasteiger partial charge in [-0.2, -0.15) is 0 Å². The molecule has 3 heterocycles. The van der Waals surface area contributed by atoms with Crippen molar-refractivity contribution in [1.82, 2.24) is 9.97 Å². The van der Waals surface area contributed by atoms with E-state index in [1.807, 2.05) is 25.2 Å². The Morgan fingerprint density at radius 1 is 0.943 bits per heavy atom. The Hall–Kier alpha value is -3.06. The highest BCUT2D eigenvalue weighted by Gasteiger charge is 2.51. The summed E-state index contributed by atoms with van der Waals surface area (Å²) in [5.74, 6) is 0.722. The molecule has 0 bridgehead atoms. The predicted octanol–water partition coefficient (Wildman–Crippen LogP) is 6.96. The lowest BCUT2D eigenvalue weighted by Crippen LogP contribution is -2.41. The first-order chi connectivity index (χ1) is 16.7. The van der Waals surface area contributed by atoms with Crippen LogP contribution in [0.1, 0.15) is 40.4 Å². The van der Waals surface area contributed by atoms with Crippen LogP contribution in [0.3, 0.4) is 0 Å². The number of hydrogen-bond acceptors (Lipinski definition) is 5. The molecule has 0 N–H and O–H groups in total. The van der Waals surface area contributed by atoms with Gasteiger partial charge in [0.2, 0.25) is 0 Å². The van der Waals surface area contributed by atoms with Crippen LogP contribution in [0, 0.1) is 0 Å². The molecule has 4 aromatic rings. The van der Waals surface area contributed by atoms with Crippen LogP contribution in [-0.2, 0) is 9.31 Å². The highest BCUT2D eigenvalue weighted by molar-refractivity contribution is 7.26. The van der Waals surface area contributed by atoms with Gasteiger partial charge in [-0.05, 0) is 51.7 Å². The minimum atomic E-state index is -0.388. The Morgan fingerprint density at radius 2 is 1.63 bits per heavy atom. The molecule has 1 saturated heterocycles. The molecule has 0 radical (unpaired) electrons. The largest absolute Gasteiger partial charge is 0.494 e. The quantitative estimate of drug-likeness (QED) is 0.229. The summed E-state index contributed by atoms with van der Waals surface area (Å²) < 4.78 is 14.8. The second kappa shape index (κ2) is 8.87. The van der Waals surface area contributed by atoms with Crippen LogP contribution in [0.4, 0.5) is 0 Å². The van der Waals surface area contributed by atoms with E-state index < -0.39 is 0 Å². The standard InChI is InChI=1S/C29H29BN2O2S/c1-7-8-9-12-19(2)27-31-24(26-25(32-27)22-13-10-11-14-23(22)35-26)20-15-17-21(18-16-20)30-33-28(3,4)29(5,6)34-30/h7-18H,1H2,2-6H3/b9-8-,19-12+. The molecular weight excluding hydrogens is 451 g/mol. The van der Waals surface area contributed by atoms with E-state index in [1.165, 1.54) is 4.70 Å². The van der Waals surface area contributed by atoms with Gasteiger partial charge in [0, 0.05) is 15.6 Å². The highest BCUT2D eigenvalue weighted by atomic mass is 32.1.